The summed E-state index contributed by atoms with van der Waals surface area (Å²) < 4.78 is 52.0. The number of hydrogen-bond donors (Lipinski definition) is 0. The van der Waals surface area contributed by atoms with E-state index in [1.807, 2.05) is 43.3 Å². The molecule has 5 saturated heterocycles. The predicted molar refractivity (Wildman–Crippen MR) is 195 cm³/mol. The van der Waals surface area contributed by atoms with E-state index in [0.29, 0.717) is 49.4 Å². The molecule has 5 aliphatic heterocycles. The Morgan fingerprint density at radius 3 is 2.60 bits per heavy atom. The first-order chi connectivity index (χ1) is 25.5. The van der Waals surface area contributed by atoms with Gasteiger partial charge < -0.3 is 19.1 Å². The summed E-state index contributed by atoms with van der Waals surface area (Å²) in [5.41, 5.74) is 1.66. The number of carbonyl (C=O) groups is 1. The maximum absolute atomic E-state index is 17.2. The molecule has 9 rings (SSSR count). The molecule has 5 atom stereocenters. The predicted octanol–water partition coefficient (Wildman–Crippen LogP) is 6.73. The number of aromatic nitrogens is 5. The third kappa shape index (κ3) is 6.15. The van der Waals surface area contributed by atoms with E-state index in [9.17, 15) is 9.18 Å². The van der Waals surface area contributed by atoms with Crippen LogP contribution in [0.15, 0.2) is 24.5 Å². The Bertz CT molecular complexity index is 2050. The average molecular weight is 731 g/mol. The van der Waals surface area contributed by atoms with Gasteiger partial charge in [-0.3, -0.25) is 14.8 Å². The number of anilines is 1. The van der Waals surface area contributed by atoms with Gasteiger partial charge in [0.2, 0.25) is 0 Å². The van der Waals surface area contributed by atoms with Crippen molar-refractivity contribution in [2.75, 3.05) is 44.3 Å². The Morgan fingerprint density at radius 1 is 1.04 bits per heavy atom. The SMILES string of the molecule is Cc1cc(-c2ncc3c(N4C[C@H]5CC[C@@H](C4)N5C(=O)OC(C)(C)C)nc(OCC45CCCN4CC(F)C5)nc3c2F)c2cnn(C3CCCCO3)c2c1. The smallest absolute Gasteiger partial charge is 0.410 e. The van der Waals surface area contributed by atoms with Crippen LogP contribution in [-0.2, 0) is 9.47 Å². The van der Waals surface area contributed by atoms with Crippen LogP contribution in [0, 0.1) is 12.7 Å². The molecule has 5 aliphatic rings. The van der Waals surface area contributed by atoms with Crippen molar-refractivity contribution in [1.29, 1.82) is 0 Å². The first-order valence-corrected chi connectivity index (χ1v) is 19.2. The van der Waals surface area contributed by atoms with Crippen molar-refractivity contribution in [1.82, 2.24) is 34.5 Å². The van der Waals surface area contributed by atoms with Crippen LogP contribution in [0.25, 0.3) is 33.1 Å². The molecule has 3 unspecified atom stereocenters. The number of aryl methyl sites for hydroxylation is 1. The molecule has 53 heavy (non-hydrogen) atoms. The Labute approximate surface area is 307 Å². The van der Waals surface area contributed by atoms with Crippen LogP contribution in [0.3, 0.4) is 0 Å². The van der Waals surface area contributed by atoms with Gasteiger partial charge in [0.05, 0.1) is 34.7 Å². The molecule has 14 heteroatoms. The maximum Gasteiger partial charge on any atom is 0.410 e. The van der Waals surface area contributed by atoms with Crippen LogP contribution < -0.4 is 9.64 Å². The summed E-state index contributed by atoms with van der Waals surface area (Å²) in [5.74, 6) is -0.0683. The first-order valence-electron chi connectivity index (χ1n) is 19.2. The zero-order valence-corrected chi connectivity index (χ0v) is 31.0. The molecular formula is C39H48F2N8O4. The van der Waals surface area contributed by atoms with Gasteiger partial charge in [-0.1, -0.05) is 0 Å². The van der Waals surface area contributed by atoms with Gasteiger partial charge >= 0.3 is 12.1 Å². The van der Waals surface area contributed by atoms with Gasteiger partial charge in [0.1, 0.15) is 35.4 Å². The fourth-order valence-corrected chi connectivity index (χ4v) is 9.48. The monoisotopic (exact) mass is 730 g/mol. The second-order valence-corrected chi connectivity index (χ2v) is 16.7. The highest BCUT2D eigenvalue weighted by atomic mass is 19.1. The van der Waals surface area contributed by atoms with Crippen molar-refractivity contribution >= 4 is 33.7 Å². The molecule has 1 aromatic carbocycles. The average Bonchev–Trinajstić information content (AvgIpc) is 3.86. The molecule has 0 N–H and O–H groups in total. The molecule has 282 valence electrons. The summed E-state index contributed by atoms with van der Waals surface area (Å²) in [4.78, 5) is 33.8. The van der Waals surface area contributed by atoms with Gasteiger partial charge in [-0.2, -0.15) is 15.1 Å². The summed E-state index contributed by atoms with van der Waals surface area (Å²) in [7, 11) is 0. The quantitative estimate of drug-likeness (QED) is 0.212. The van der Waals surface area contributed by atoms with Crippen LogP contribution in [0.2, 0.25) is 0 Å². The van der Waals surface area contributed by atoms with E-state index >= 15 is 4.39 Å². The molecule has 8 heterocycles. The van der Waals surface area contributed by atoms with Gasteiger partial charge in [-0.05, 0) is 96.9 Å². The number of carbonyl (C=O) groups excluding carboxylic acids is 1. The van der Waals surface area contributed by atoms with Gasteiger partial charge in [0, 0.05) is 49.8 Å². The molecule has 0 spiro atoms. The van der Waals surface area contributed by atoms with Crippen molar-refractivity contribution in [3.05, 3.63) is 35.9 Å². The number of ether oxygens (including phenoxy) is 3. The van der Waals surface area contributed by atoms with Crippen molar-refractivity contribution in [2.45, 2.75) is 115 Å². The summed E-state index contributed by atoms with van der Waals surface area (Å²) in [6.45, 7) is 10.7. The van der Waals surface area contributed by atoms with E-state index in [0.717, 1.165) is 68.0 Å². The molecular weight excluding hydrogens is 682 g/mol. The summed E-state index contributed by atoms with van der Waals surface area (Å²) >= 11 is 0. The Hall–Kier alpha value is -4.17. The number of fused-ring (bicyclic) bond motifs is 5. The zero-order chi connectivity index (χ0) is 36.6. The summed E-state index contributed by atoms with van der Waals surface area (Å²) in [5, 5.41) is 5.94. The lowest BCUT2D eigenvalue weighted by atomic mass is 9.95. The van der Waals surface area contributed by atoms with Crippen molar-refractivity contribution in [2.24, 2.45) is 0 Å². The second-order valence-electron chi connectivity index (χ2n) is 16.7. The number of alkyl halides is 1. The van der Waals surface area contributed by atoms with E-state index in [1.165, 1.54) is 0 Å². The Balaban J connectivity index is 1.11. The molecule has 5 fully saturated rings. The molecule has 0 saturated carbocycles. The molecule has 0 aliphatic carbocycles. The second kappa shape index (κ2) is 13.0. The molecule has 2 bridgehead atoms. The highest BCUT2D eigenvalue weighted by molar-refractivity contribution is 5.98. The van der Waals surface area contributed by atoms with Crippen LogP contribution in [0.1, 0.15) is 83.9 Å². The first kappa shape index (κ1) is 34.6. The molecule has 1 amide bonds. The Morgan fingerprint density at radius 2 is 1.85 bits per heavy atom. The zero-order valence-electron chi connectivity index (χ0n) is 31.0. The van der Waals surface area contributed by atoms with Gasteiger partial charge in [0.15, 0.2) is 12.0 Å². The van der Waals surface area contributed by atoms with E-state index < -0.39 is 23.1 Å². The van der Waals surface area contributed by atoms with Crippen molar-refractivity contribution < 1.29 is 27.8 Å². The lowest BCUT2D eigenvalue weighted by molar-refractivity contribution is -0.0366. The number of pyridine rings is 1. The van der Waals surface area contributed by atoms with Crippen LogP contribution in [-0.4, -0.2) is 109 Å². The number of rotatable bonds is 6. The molecule has 3 aromatic heterocycles. The standard InChI is InChI=1S/C39H48F2N8O4/c1-23-14-27(28-18-43-49(30(28)15-23)31-8-5-6-13-51-31)33-32(41)34-29(17-42-33)35(45-36(44-34)52-22-39-11-7-12-47(39)19-24(40)16-39)46-20-25-9-10-26(21-46)48(25)37(50)53-38(2,3)4/h14-15,17-18,24-26,31H,5-13,16,19-22H2,1-4H3/t24?,25-,26+,31?,39?. The number of amides is 1. The Kier molecular flexibility index (Phi) is 8.48. The number of piperazine rings is 1. The minimum absolute atomic E-state index is 0.0469. The lowest BCUT2D eigenvalue weighted by Crippen LogP contribution is -2.57. The van der Waals surface area contributed by atoms with Crippen molar-refractivity contribution in [3.8, 4) is 17.3 Å². The number of benzene rings is 1. The normalized spacial score (nSPS) is 27.6. The van der Waals surface area contributed by atoms with Gasteiger partial charge in [-0.25, -0.2) is 18.3 Å². The van der Waals surface area contributed by atoms with Gasteiger partial charge in [0.25, 0.3) is 0 Å². The van der Waals surface area contributed by atoms with Gasteiger partial charge in [-0.15, -0.1) is 0 Å². The lowest BCUT2D eigenvalue weighted by Gasteiger charge is -2.42. The minimum Gasteiger partial charge on any atom is -0.461 e. The fraction of sp³-hybridized carbons (Fsp3) is 0.615. The number of halogens is 2. The van der Waals surface area contributed by atoms with Crippen LogP contribution >= 0.6 is 0 Å². The van der Waals surface area contributed by atoms with E-state index in [-0.39, 0.29) is 48.2 Å². The topological polar surface area (TPSA) is 111 Å². The number of hydrogen-bond acceptors (Lipinski definition) is 10. The number of nitrogens with zero attached hydrogens (tertiary/aromatic N) is 8. The third-order valence-electron chi connectivity index (χ3n) is 11.8. The van der Waals surface area contributed by atoms with Crippen molar-refractivity contribution in [3.63, 3.8) is 0 Å². The van der Waals surface area contributed by atoms with E-state index in [4.69, 9.17) is 34.3 Å². The van der Waals surface area contributed by atoms with E-state index in [1.54, 1.807) is 12.4 Å². The summed E-state index contributed by atoms with van der Waals surface area (Å²) in [6, 6.07) is 3.85. The highest BCUT2D eigenvalue weighted by Crippen LogP contribution is 2.42. The fourth-order valence-electron chi connectivity index (χ4n) is 9.48. The largest absolute Gasteiger partial charge is 0.461 e. The van der Waals surface area contributed by atoms with Crippen LogP contribution in [0.4, 0.5) is 19.4 Å². The molecule has 12 nitrogen and oxygen atoms in total. The van der Waals surface area contributed by atoms with Crippen LogP contribution in [0.5, 0.6) is 6.01 Å². The highest BCUT2D eigenvalue weighted by Gasteiger charge is 2.50. The van der Waals surface area contributed by atoms with E-state index in [2.05, 4.69) is 15.9 Å². The third-order valence-corrected chi connectivity index (χ3v) is 11.8. The summed E-state index contributed by atoms with van der Waals surface area (Å²) in [6.07, 6.45) is 8.83. The minimum atomic E-state index is -0.907. The molecule has 4 aromatic rings. The molecule has 0 radical (unpaired) electrons. The maximum atomic E-state index is 17.2.